The molecule has 96 valence electrons. The van der Waals surface area contributed by atoms with Gasteiger partial charge in [0.05, 0.1) is 22.7 Å². The summed E-state index contributed by atoms with van der Waals surface area (Å²) in [6, 6.07) is 4.19. The molecule has 0 fully saturated rings. The molecule has 0 aliphatic rings. The molecule has 0 radical (unpaired) electrons. The van der Waals surface area contributed by atoms with Crippen molar-refractivity contribution in [2.24, 2.45) is 5.73 Å². The van der Waals surface area contributed by atoms with Gasteiger partial charge in [-0.1, -0.05) is 12.2 Å². The first kappa shape index (κ1) is 13.9. The SMILES string of the molecule is CCOC(=O)c1ccc(C=CCN)c([N+](=O)[O-])c1. The third-order valence-electron chi connectivity index (χ3n) is 2.17. The zero-order valence-electron chi connectivity index (χ0n) is 9.96. The van der Waals surface area contributed by atoms with E-state index in [1.807, 2.05) is 0 Å². The summed E-state index contributed by atoms with van der Waals surface area (Å²) in [6.07, 6.45) is 3.15. The number of ether oxygens (including phenoxy) is 1. The largest absolute Gasteiger partial charge is 0.462 e. The fraction of sp³-hybridized carbons (Fsp3) is 0.250. The summed E-state index contributed by atoms with van der Waals surface area (Å²) in [5, 5.41) is 10.9. The normalized spacial score (nSPS) is 10.6. The molecule has 0 unspecified atom stereocenters. The number of carbonyl (C=O) groups excluding carboxylic acids is 1. The van der Waals surface area contributed by atoms with Crippen molar-refractivity contribution in [3.05, 3.63) is 45.5 Å². The first-order valence-corrected chi connectivity index (χ1v) is 5.42. The molecule has 0 saturated carbocycles. The lowest BCUT2D eigenvalue weighted by Gasteiger charge is -2.03. The smallest absolute Gasteiger partial charge is 0.338 e. The lowest BCUT2D eigenvalue weighted by atomic mass is 10.1. The zero-order valence-corrected chi connectivity index (χ0v) is 9.96. The number of rotatable bonds is 5. The van der Waals surface area contributed by atoms with E-state index in [4.69, 9.17) is 10.5 Å². The van der Waals surface area contributed by atoms with E-state index in [-0.39, 0.29) is 24.4 Å². The molecule has 0 bridgehead atoms. The first-order chi connectivity index (χ1) is 8.60. The molecule has 0 saturated heterocycles. The van der Waals surface area contributed by atoms with Crippen molar-refractivity contribution < 1.29 is 14.5 Å². The van der Waals surface area contributed by atoms with Crippen LogP contribution >= 0.6 is 0 Å². The summed E-state index contributed by atoms with van der Waals surface area (Å²) >= 11 is 0. The van der Waals surface area contributed by atoms with E-state index < -0.39 is 10.9 Å². The van der Waals surface area contributed by atoms with E-state index in [0.717, 1.165) is 0 Å². The highest BCUT2D eigenvalue weighted by molar-refractivity contribution is 5.90. The van der Waals surface area contributed by atoms with Crippen LogP contribution < -0.4 is 5.73 Å². The van der Waals surface area contributed by atoms with Gasteiger partial charge in [0.1, 0.15) is 0 Å². The lowest BCUT2D eigenvalue weighted by molar-refractivity contribution is -0.385. The summed E-state index contributed by atoms with van der Waals surface area (Å²) in [5.74, 6) is -0.574. The Hall–Kier alpha value is -2.21. The quantitative estimate of drug-likeness (QED) is 0.488. The van der Waals surface area contributed by atoms with Gasteiger partial charge >= 0.3 is 5.97 Å². The summed E-state index contributed by atoms with van der Waals surface area (Å²) < 4.78 is 4.78. The predicted octanol–water partition coefficient (Wildman–Crippen LogP) is 1.74. The van der Waals surface area contributed by atoms with Crippen LogP contribution in [-0.2, 0) is 4.74 Å². The highest BCUT2D eigenvalue weighted by Gasteiger charge is 2.16. The Morgan fingerprint density at radius 1 is 1.56 bits per heavy atom. The van der Waals surface area contributed by atoms with E-state index in [0.29, 0.717) is 5.56 Å². The zero-order chi connectivity index (χ0) is 13.5. The average Bonchev–Trinajstić information content (AvgIpc) is 2.36. The number of nitrogens with zero attached hydrogens (tertiary/aromatic N) is 1. The fourth-order valence-corrected chi connectivity index (χ4v) is 1.38. The Labute approximate surface area is 104 Å². The van der Waals surface area contributed by atoms with Crippen LogP contribution in [0.15, 0.2) is 24.3 Å². The van der Waals surface area contributed by atoms with Crippen LogP contribution in [0, 0.1) is 10.1 Å². The molecule has 0 amide bonds. The summed E-state index contributed by atoms with van der Waals surface area (Å²) in [7, 11) is 0. The molecule has 0 aliphatic carbocycles. The number of benzene rings is 1. The second kappa shape index (κ2) is 6.51. The summed E-state index contributed by atoms with van der Waals surface area (Å²) in [4.78, 5) is 21.8. The van der Waals surface area contributed by atoms with Gasteiger partial charge in [0.2, 0.25) is 0 Å². The highest BCUT2D eigenvalue weighted by Crippen LogP contribution is 2.22. The lowest BCUT2D eigenvalue weighted by Crippen LogP contribution is -2.05. The van der Waals surface area contributed by atoms with Crippen molar-refractivity contribution in [2.45, 2.75) is 6.92 Å². The van der Waals surface area contributed by atoms with Gasteiger partial charge in [-0.2, -0.15) is 0 Å². The van der Waals surface area contributed by atoms with Gasteiger partial charge in [0.15, 0.2) is 0 Å². The number of nitrogens with two attached hydrogens (primary N) is 1. The number of esters is 1. The molecular formula is C12H14N2O4. The Kier molecular flexibility index (Phi) is 5.01. The second-order valence-electron chi connectivity index (χ2n) is 3.39. The Morgan fingerprint density at radius 3 is 2.83 bits per heavy atom. The molecule has 0 spiro atoms. The second-order valence-corrected chi connectivity index (χ2v) is 3.39. The molecule has 0 heterocycles. The van der Waals surface area contributed by atoms with Crippen molar-refractivity contribution >= 4 is 17.7 Å². The van der Waals surface area contributed by atoms with Crippen LogP contribution in [0.2, 0.25) is 0 Å². The minimum absolute atomic E-state index is 0.148. The minimum atomic E-state index is -0.574. The molecular weight excluding hydrogens is 236 g/mol. The van der Waals surface area contributed by atoms with Gasteiger partial charge in [-0.25, -0.2) is 4.79 Å². The molecule has 1 aromatic rings. The van der Waals surface area contributed by atoms with E-state index in [1.165, 1.54) is 18.2 Å². The molecule has 1 aromatic carbocycles. The van der Waals surface area contributed by atoms with Gasteiger partial charge in [-0.3, -0.25) is 10.1 Å². The molecule has 18 heavy (non-hydrogen) atoms. The van der Waals surface area contributed by atoms with Gasteiger partial charge in [-0.05, 0) is 19.1 Å². The van der Waals surface area contributed by atoms with Crippen molar-refractivity contribution in [3.8, 4) is 0 Å². The van der Waals surface area contributed by atoms with Crippen molar-refractivity contribution in [1.29, 1.82) is 0 Å². The Bertz CT molecular complexity index is 483. The number of nitro benzene ring substituents is 1. The predicted molar refractivity (Wildman–Crippen MR) is 67.1 cm³/mol. The number of hydrogen-bond donors (Lipinski definition) is 1. The fourth-order valence-electron chi connectivity index (χ4n) is 1.38. The third kappa shape index (κ3) is 3.39. The molecule has 6 heteroatoms. The van der Waals surface area contributed by atoms with Crippen LogP contribution in [0.1, 0.15) is 22.8 Å². The Balaban J connectivity index is 3.14. The van der Waals surface area contributed by atoms with Crippen LogP contribution in [-0.4, -0.2) is 24.0 Å². The van der Waals surface area contributed by atoms with Crippen LogP contribution in [0.25, 0.3) is 6.08 Å². The van der Waals surface area contributed by atoms with E-state index in [2.05, 4.69) is 0 Å². The Morgan fingerprint density at radius 2 is 2.28 bits per heavy atom. The molecule has 1 rings (SSSR count). The van der Waals surface area contributed by atoms with Gasteiger partial charge in [-0.15, -0.1) is 0 Å². The van der Waals surface area contributed by atoms with Gasteiger partial charge in [0.25, 0.3) is 5.69 Å². The van der Waals surface area contributed by atoms with E-state index in [9.17, 15) is 14.9 Å². The minimum Gasteiger partial charge on any atom is -0.462 e. The number of hydrogen-bond acceptors (Lipinski definition) is 5. The number of carbonyl (C=O) groups is 1. The standard InChI is InChI=1S/C12H14N2O4/c1-2-18-12(15)10-6-5-9(4-3-7-13)11(8-10)14(16)17/h3-6,8H,2,7,13H2,1H3. The first-order valence-electron chi connectivity index (χ1n) is 5.42. The van der Waals surface area contributed by atoms with Gasteiger partial charge in [0, 0.05) is 12.6 Å². The maximum atomic E-state index is 11.5. The van der Waals surface area contributed by atoms with Gasteiger partial charge < -0.3 is 10.5 Å². The van der Waals surface area contributed by atoms with Crippen LogP contribution in [0.4, 0.5) is 5.69 Å². The molecule has 0 atom stereocenters. The van der Waals surface area contributed by atoms with Crippen LogP contribution in [0.3, 0.4) is 0 Å². The topological polar surface area (TPSA) is 95.5 Å². The van der Waals surface area contributed by atoms with Crippen molar-refractivity contribution in [3.63, 3.8) is 0 Å². The maximum absolute atomic E-state index is 11.5. The number of nitro groups is 1. The van der Waals surface area contributed by atoms with Crippen molar-refractivity contribution in [2.75, 3.05) is 13.2 Å². The monoisotopic (exact) mass is 250 g/mol. The van der Waals surface area contributed by atoms with Crippen LogP contribution in [0.5, 0.6) is 0 Å². The van der Waals surface area contributed by atoms with E-state index >= 15 is 0 Å². The molecule has 0 aromatic heterocycles. The molecule has 6 nitrogen and oxygen atoms in total. The summed E-state index contributed by atoms with van der Waals surface area (Å²) in [6.45, 7) is 2.18. The average molecular weight is 250 g/mol. The summed E-state index contributed by atoms with van der Waals surface area (Å²) in [5.41, 5.74) is 5.70. The van der Waals surface area contributed by atoms with Crippen molar-refractivity contribution in [1.82, 2.24) is 0 Å². The van der Waals surface area contributed by atoms with E-state index in [1.54, 1.807) is 19.1 Å². The molecule has 0 aliphatic heterocycles. The maximum Gasteiger partial charge on any atom is 0.338 e. The third-order valence-corrected chi connectivity index (χ3v) is 2.17. The highest BCUT2D eigenvalue weighted by atomic mass is 16.6. The molecule has 2 N–H and O–H groups in total.